The van der Waals surface area contributed by atoms with E-state index in [1.54, 1.807) is 17.6 Å². The van der Waals surface area contributed by atoms with Gasteiger partial charge >= 0.3 is 0 Å². The standard InChI is InChI=1S/C17H13F2NO2S2/c1-10-12(4-3-5-20-10)14-9-23-8-13(14)11-6-15(18)17(16(19)7-11)24(2,21)22/h3-9H,1-2H3. The summed E-state index contributed by atoms with van der Waals surface area (Å²) < 4.78 is 51.4. The van der Waals surface area contributed by atoms with Crippen LogP contribution < -0.4 is 0 Å². The van der Waals surface area contributed by atoms with E-state index in [9.17, 15) is 17.2 Å². The summed E-state index contributed by atoms with van der Waals surface area (Å²) >= 11 is 1.40. The maximum atomic E-state index is 14.2. The first-order valence-corrected chi connectivity index (χ1v) is 9.80. The van der Waals surface area contributed by atoms with Gasteiger partial charge in [0.1, 0.15) is 16.5 Å². The van der Waals surface area contributed by atoms with Gasteiger partial charge in [0.05, 0.1) is 0 Å². The molecule has 0 N–H and O–H groups in total. The number of aromatic nitrogens is 1. The Bertz CT molecular complexity index is 1000. The predicted octanol–water partition coefficient (Wildman–Crippen LogP) is 4.47. The highest BCUT2D eigenvalue weighted by Crippen LogP contribution is 2.37. The van der Waals surface area contributed by atoms with Crippen molar-refractivity contribution >= 4 is 21.2 Å². The van der Waals surface area contributed by atoms with Crippen molar-refractivity contribution < 1.29 is 17.2 Å². The van der Waals surface area contributed by atoms with Crippen molar-refractivity contribution in [3.63, 3.8) is 0 Å². The maximum Gasteiger partial charge on any atom is 0.181 e. The molecule has 0 bridgehead atoms. The van der Waals surface area contributed by atoms with Gasteiger partial charge in [-0.1, -0.05) is 6.07 Å². The van der Waals surface area contributed by atoms with Crippen LogP contribution in [0.25, 0.3) is 22.3 Å². The molecule has 0 saturated heterocycles. The third kappa shape index (κ3) is 2.97. The van der Waals surface area contributed by atoms with Crippen LogP contribution in [0.1, 0.15) is 5.69 Å². The van der Waals surface area contributed by atoms with Crippen molar-refractivity contribution in [2.75, 3.05) is 6.26 Å². The van der Waals surface area contributed by atoms with E-state index in [-0.39, 0.29) is 5.56 Å². The summed E-state index contributed by atoms with van der Waals surface area (Å²) in [5, 5.41) is 3.65. The molecule has 2 heterocycles. The highest BCUT2D eigenvalue weighted by atomic mass is 32.2. The van der Waals surface area contributed by atoms with Gasteiger partial charge in [0.15, 0.2) is 9.84 Å². The summed E-state index contributed by atoms with van der Waals surface area (Å²) in [5.41, 5.74) is 3.38. The predicted molar refractivity (Wildman–Crippen MR) is 90.7 cm³/mol. The molecule has 0 fully saturated rings. The summed E-state index contributed by atoms with van der Waals surface area (Å²) in [5.74, 6) is -2.18. The Hall–Kier alpha value is -2.12. The number of nitrogens with zero attached hydrogens (tertiary/aromatic N) is 1. The van der Waals surface area contributed by atoms with E-state index < -0.39 is 26.4 Å². The second-order valence-corrected chi connectivity index (χ2v) is 8.07. The topological polar surface area (TPSA) is 47.0 Å². The lowest BCUT2D eigenvalue weighted by Crippen LogP contribution is -2.04. The molecule has 0 unspecified atom stereocenters. The van der Waals surface area contributed by atoms with E-state index in [1.165, 1.54) is 11.3 Å². The van der Waals surface area contributed by atoms with Crippen LogP contribution in [0.15, 0.2) is 46.1 Å². The molecule has 3 nitrogen and oxygen atoms in total. The number of halogens is 2. The second kappa shape index (κ2) is 6.07. The van der Waals surface area contributed by atoms with Crippen LogP contribution in [0.3, 0.4) is 0 Å². The van der Waals surface area contributed by atoms with Gasteiger partial charge in [-0.15, -0.1) is 0 Å². The molecule has 7 heteroatoms. The van der Waals surface area contributed by atoms with Crippen molar-refractivity contribution in [2.24, 2.45) is 0 Å². The summed E-state index contributed by atoms with van der Waals surface area (Å²) in [4.78, 5) is 3.33. The molecule has 2 aromatic heterocycles. The number of hydrogen-bond acceptors (Lipinski definition) is 4. The molecular weight excluding hydrogens is 352 g/mol. The zero-order chi connectivity index (χ0) is 17.5. The summed E-state index contributed by atoms with van der Waals surface area (Å²) in [7, 11) is -3.98. The number of benzene rings is 1. The van der Waals surface area contributed by atoms with Gasteiger partial charge in [-0.25, -0.2) is 17.2 Å². The van der Waals surface area contributed by atoms with Gasteiger partial charge < -0.3 is 0 Å². The Balaban J connectivity index is 2.20. The van der Waals surface area contributed by atoms with Gasteiger partial charge in [-0.3, -0.25) is 4.98 Å². The molecule has 0 saturated carbocycles. The number of thiophene rings is 1. The maximum absolute atomic E-state index is 14.2. The van der Waals surface area contributed by atoms with E-state index >= 15 is 0 Å². The Kier molecular flexibility index (Phi) is 4.23. The first kappa shape index (κ1) is 16.7. The first-order valence-electron chi connectivity index (χ1n) is 6.96. The molecule has 0 aliphatic rings. The second-order valence-electron chi connectivity index (χ2n) is 5.38. The van der Waals surface area contributed by atoms with Crippen molar-refractivity contribution in [1.82, 2.24) is 4.98 Å². The quantitative estimate of drug-likeness (QED) is 0.688. The Morgan fingerprint density at radius 2 is 1.67 bits per heavy atom. The molecule has 3 rings (SSSR count). The number of hydrogen-bond donors (Lipinski definition) is 0. The van der Waals surface area contributed by atoms with Crippen molar-refractivity contribution in [1.29, 1.82) is 0 Å². The van der Waals surface area contributed by atoms with Crippen LogP contribution in [0.4, 0.5) is 8.78 Å². The number of rotatable bonds is 3. The lowest BCUT2D eigenvalue weighted by atomic mass is 9.98. The molecule has 0 aliphatic heterocycles. The zero-order valence-electron chi connectivity index (χ0n) is 12.9. The minimum absolute atomic E-state index is 0.289. The largest absolute Gasteiger partial charge is 0.261 e. The minimum atomic E-state index is -3.98. The summed E-state index contributed by atoms with van der Waals surface area (Å²) in [6.45, 7) is 1.85. The number of sulfone groups is 1. The average molecular weight is 365 g/mol. The van der Waals surface area contributed by atoms with Crippen molar-refractivity contribution in [3.8, 4) is 22.3 Å². The molecule has 1 aromatic carbocycles. The van der Waals surface area contributed by atoms with E-state index in [2.05, 4.69) is 4.98 Å². The highest BCUT2D eigenvalue weighted by molar-refractivity contribution is 7.90. The number of pyridine rings is 1. The fourth-order valence-corrected chi connectivity index (χ4v) is 4.25. The smallest absolute Gasteiger partial charge is 0.181 e. The summed E-state index contributed by atoms with van der Waals surface area (Å²) in [6, 6.07) is 5.77. The zero-order valence-corrected chi connectivity index (χ0v) is 14.5. The van der Waals surface area contributed by atoms with Crippen LogP contribution >= 0.6 is 11.3 Å². The molecule has 24 heavy (non-hydrogen) atoms. The Labute approximate surface area is 142 Å². The third-order valence-corrected chi connectivity index (χ3v) is 5.51. The van der Waals surface area contributed by atoms with Gasteiger partial charge in [0.2, 0.25) is 0 Å². The van der Waals surface area contributed by atoms with Crippen LogP contribution in [-0.4, -0.2) is 19.7 Å². The lowest BCUT2D eigenvalue weighted by molar-refractivity contribution is 0.522. The molecule has 0 radical (unpaired) electrons. The van der Waals surface area contributed by atoms with E-state index in [0.29, 0.717) is 5.56 Å². The van der Waals surface area contributed by atoms with Gasteiger partial charge in [-0.2, -0.15) is 11.3 Å². The Morgan fingerprint density at radius 1 is 1.04 bits per heavy atom. The molecule has 0 aliphatic carbocycles. The van der Waals surface area contributed by atoms with Crippen LogP contribution in [-0.2, 0) is 9.84 Å². The highest BCUT2D eigenvalue weighted by Gasteiger charge is 2.22. The Morgan fingerprint density at radius 3 is 2.25 bits per heavy atom. The first-order chi connectivity index (χ1) is 11.3. The van der Waals surface area contributed by atoms with E-state index in [1.807, 2.05) is 18.4 Å². The average Bonchev–Trinajstić information content (AvgIpc) is 2.94. The fraction of sp³-hybridized carbons (Fsp3) is 0.118. The monoisotopic (exact) mass is 365 g/mol. The van der Waals surface area contributed by atoms with Crippen LogP contribution in [0, 0.1) is 18.6 Å². The lowest BCUT2D eigenvalue weighted by Gasteiger charge is -2.09. The van der Waals surface area contributed by atoms with Gasteiger partial charge in [-0.05, 0) is 41.4 Å². The number of aryl methyl sites for hydroxylation is 1. The molecule has 3 aromatic rings. The molecule has 0 amide bonds. The van der Waals surface area contributed by atoms with Crippen molar-refractivity contribution in [2.45, 2.75) is 11.8 Å². The van der Waals surface area contributed by atoms with Crippen LogP contribution in [0.5, 0.6) is 0 Å². The van der Waals surface area contributed by atoms with Gasteiger partial charge in [0, 0.05) is 34.8 Å². The van der Waals surface area contributed by atoms with Crippen LogP contribution in [0.2, 0.25) is 0 Å². The SMILES string of the molecule is Cc1ncccc1-c1cscc1-c1cc(F)c(S(C)(=O)=O)c(F)c1. The van der Waals surface area contributed by atoms with Crippen molar-refractivity contribution in [3.05, 3.63) is 58.6 Å². The third-order valence-electron chi connectivity index (χ3n) is 3.64. The normalized spacial score (nSPS) is 11.7. The van der Waals surface area contributed by atoms with Gasteiger partial charge in [0.25, 0.3) is 0 Å². The fourth-order valence-electron chi connectivity index (χ4n) is 2.57. The minimum Gasteiger partial charge on any atom is -0.261 e. The molecule has 124 valence electrons. The van der Waals surface area contributed by atoms with E-state index in [0.717, 1.165) is 35.2 Å². The van der Waals surface area contributed by atoms with E-state index in [4.69, 9.17) is 0 Å². The molecular formula is C17H13F2NO2S2. The summed E-state index contributed by atoms with van der Waals surface area (Å²) in [6.07, 6.45) is 2.45. The molecule has 0 spiro atoms. The molecule has 0 atom stereocenters.